The van der Waals surface area contributed by atoms with Gasteiger partial charge in [0.15, 0.2) is 0 Å². The van der Waals surface area contributed by atoms with Gasteiger partial charge in [0.05, 0.1) is 19.3 Å². The number of ether oxygens (including phenoxy) is 2. The van der Waals surface area contributed by atoms with Gasteiger partial charge in [0.2, 0.25) is 0 Å². The first kappa shape index (κ1) is 16.5. The maximum absolute atomic E-state index is 11.3. The summed E-state index contributed by atoms with van der Waals surface area (Å²) in [5, 5.41) is 3.45. The van der Waals surface area contributed by atoms with E-state index in [-0.39, 0.29) is 5.97 Å². The van der Waals surface area contributed by atoms with Crippen LogP contribution in [0.2, 0.25) is 0 Å². The van der Waals surface area contributed by atoms with Crippen molar-refractivity contribution in [2.75, 3.05) is 20.3 Å². The van der Waals surface area contributed by atoms with Crippen LogP contribution in [0.5, 0.6) is 5.75 Å². The third kappa shape index (κ3) is 6.06. The van der Waals surface area contributed by atoms with Crippen LogP contribution in [-0.4, -0.2) is 32.3 Å². The summed E-state index contributed by atoms with van der Waals surface area (Å²) in [5.41, 5.74) is 0.539. The lowest BCUT2D eigenvalue weighted by Gasteiger charge is -2.11. The van der Waals surface area contributed by atoms with Gasteiger partial charge in [-0.3, -0.25) is 0 Å². The SMILES string of the molecule is CC[C@H](C)NCCCCOc1ccc(C(=O)OC)cc1. The molecule has 0 aliphatic carbocycles. The minimum absolute atomic E-state index is 0.326. The standard InChI is InChI=1S/C16H25NO3/c1-4-13(2)17-11-5-6-12-20-15-9-7-14(8-10-15)16(18)19-3/h7-10,13,17H,4-6,11-12H2,1-3H3/t13-/m0/s1. The Morgan fingerprint density at radius 1 is 1.25 bits per heavy atom. The van der Waals surface area contributed by atoms with Gasteiger partial charge in [0.25, 0.3) is 0 Å². The monoisotopic (exact) mass is 279 g/mol. The van der Waals surface area contributed by atoms with Gasteiger partial charge in [-0.1, -0.05) is 6.92 Å². The molecule has 0 fully saturated rings. The molecule has 0 amide bonds. The quantitative estimate of drug-likeness (QED) is 0.557. The van der Waals surface area contributed by atoms with Gasteiger partial charge in [-0.05, 0) is 57.0 Å². The highest BCUT2D eigenvalue weighted by Crippen LogP contribution is 2.13. The number of carbonyl (C=O) groups excluding carboxylic acids is 1. The fourth-order valence-electron chi connectivity index (χ4n) is 1.71. The van der Waals surface area contributed by atoms with Crippen LogP contribution in [0.15, 0.2) is 24.3 Å². The number of carbonyl (C=O) groups is 1. The second-order valence-corrected chi connectivity index (χ2v) is 4.83. The average Bonchev–Trinajstić information content (AvgIpc) is 2.50. The highest BCUT2D eigenvalue weighted by atomic mass is 16.5. The molecule has 1 aromatic rings. The maximum atomic E-state index is 11.3. The minimum Gasteiger partial charge on any atom is -0.494 e. The molecule has 0 bridgehead atoms. The van der Waals surface area contributed by atoms with Crippen LogP contribution in [0.3, 0.4) is 0 Å². The molecule has 0 unspecified atom stereocenters. The van der Waals surface area contributed by atoms with Crippen molar-refractivity contribution in [2.45, 2.75) is 39.2 Å². The van der Waals surface area contributed by atoms with Crippen LogP contribution >= 0.6 is 0 Å². The van der Waals surface area contributed by atoms with E-state index in [1.54, 1.807) is 24.3 Å². The molecule has 1 aromatic carbocycles. The molecule has 0 saturated heterocycles. The molecule has 0 aromatic heterocycles. The summed E-state index contributed by atoms with van der Waals surface area (Å²) < 4.78 is 10.3. The van der Waals surface area contributed by atoms with Crippen LogP contribution in [0.1, 0.15) is 43.5 Å². The van der Waals surface area contributed by atoms with Crippen LogP contribution < -0.4 is 10.1 Å². The van der Waals surface area contributed by atoms with E-state index in [1.165, 1.54) is 7.11 Å². The second-order valence-electron chi connectivity index (χ2n) is 4.83. The van der Waals surface area contributed by atoms with E-state index >= 15 is 0 Å². The molecule has 0 spiro atoms. The molecule has 0 aliphatic heterocycles. The topological polar surface area (TPSA) is 47.6 Å². The Hall–Kier alpha value is -1.55. The number of esters is 1. The second kappa shape index (κ2) is 9.37. The van der Waals surface area contributed by atoms with Gasteiger partial charge in [-0.15, -0.1) is 0 Å². The fraction of sp³-hybridized carbons (Fsp3) is 0.562. The summed E-state index contributed by atoms with van der Waals surface area (Å²) >= 11 is 0. The van der Waals surface area contributed by atoms with E-state index in [0.29, 0.717) is 18.2 Å². The van der Waals surface area contributed by atoms with E-state index in [0.717, 1.165) is 31.6 Å². The molecule has 0 saturated carbocycles. The number of unbranched alkanes of at least 4 members (excludes halogenated alkanes) is 1. The summed E-state index contributed by atoms with van der Waals surface area (Å²) in [6.07, 6.45) is 3.27. The first-order valence-corrected chi connectivity index (χ1v) is 7.22. The molecular formula is C16H25NO3. The van der Waals surface area contributed by atoms with Crippen molar-refractivity contribution >= 4 is 5.97 Å². The predicted octanol–water partition coefficient (Wildman–Crippen LogP) is 3.02. The lowest BCUT2D eigenvalue weighted by molar-refractivity contribution is 0.0600. The molecule has 1 atom stereocenters. The Balaban J connectivity index is 2.17. The Labute approximate surface area is 121 Å². The number of rotatable bonds is 9. The number of nitrogens with one attached hydrogen (secondary N) is 1. The summed E-state index contributed by atoms with van der Waals surface area (Å²) in [4.78, 5) is 11.3. The van der Waals surface area contributed by atoms with Gasteiger partial charge >= 0.3 is 5.97 Å². The lowest BCUT2D eigenvalue weighted by atomic mass is 10.2. The first-order valence-electron chi connectivity index (χ1n) is 7.22. The molecule has 4 nitrogen and oxygen atoms in total. The zero-order valence-electron chi connectivity index (χ0n) is 12.6. The van der Waals surface area contributed by atoms with E-state index < -0.39 is 0 Å². The molecule has 20 heavy (non-hydrogen) atoms. The summed E-state index contributed by atoms with van der Waals surface area (Å²) in [7, 11) is 1.38. The van der Waals surface area contributed by atoms with Crippen LogP contribution in [-0.2, 0) is 4.74 Å². The van der Waals surface area contributed by atoms with Gasteiger partial charge < -0.3 is 14.8 Å². The highest BCUT2D eigenvalue weighted by molar-refractivity contribution is 5.89. The van der Waals surface area contributed by atoms with Crippen molar-refractivity contribution in [1.82, 2.24) is 5.32 Å². The van der Waals surface area contributed by atoms with E-state index in [2.05, 4.69) is 23.9 Å². The minimum atomic E-state index is -0.326. The van der Waals surface area contributed by atoms with Crippen molar-refractivity contribution in [3.05, 3.63) is 29.8 Å². The number of benzene rings is 1. The third-order valence-electron chi connectivity index (χ3n) is 3.22. The van der Waals surface area contributed by atoms with Crippen LogP contribution in [0.4, 0.5) is 0 Å². The summed E-state index contributed by atoms with van der Waals surface area (Å²) in [5.74, 6) is 0.459. The van der Waals surface area contributed by atoms with E-state index in [1.807, 2.05) is 0 Å². The van der Waals surface area contributed by atoms with Gasteiger partial charge in [0.1, 0.15) is 5.75 Å². The smallest absolute Gasteiger partial charge is 0.337 e. The highest BCUT2D eigenvalue weighted by Gasteiger charge is 2.04. The zero-order chi connectivity index (χ0) is 14.8. The lowest BCUT2D eigenvalue weighted by Crippen LogP contribution is -2.26. The average molecular weight is 279 g/mol. The molecule has 0 aliphatic rings. The van der Waals surface area contributed by atoms with Gasteiger partial charge in [-0.25, -0.2) is 4.79 Å². The molecule has 0 radical (unpaired) electrons. The van der Waals surface area contributed by atoms with E-state index in [9.17, 15) is 4.79 Å². The van der Waals surface area contributed by atoms with Crippen molar-refractivity contribution in [1.29, 1.82) is 0 Å². The maximum Gasteiger partial charge on any atom is 0.337 e. The Morgan fingerprint density at radius 2 is 1.95 bits per heavy atom. The third-order valence-corrected chi connectivity index (χ3v) is 3.22. The number of hydrogen-bond acceptors (Lipinski definition) is 4. The Bertz CT molecular complexity index is 389. The van der Waals surface area contributed by atoms with Crippen molar-refractivity contribution in [2.24, 2.45) is 0 Å². The molecule has 1 rings (SSSR count). The van der Waals surface area contributed by atoms with E-state index in [4.69, 9.17) is 4.74 Å². The van der Waals surface area contributed by atoms with Crippen LogP contribution in [0, 0.1) is 0 Å². The fourth-order valence-corrected chi connectivity index (χ4v) is 1.71. The van der Waals surface area contributed by atoms with Gasteiger partial charge in [-0.2, -0.15) is 0 Å². The Morgan fingerprint density at radius 3 is 2.55 bits per heavy atom. The van der Waals surface area contributed by atoms with Crippen molar-refractivity contribution in [3.8, 4) is 5.75 Å². The summed E-state index contributed by atoms with van der Waals surface area (Å²) in [6.45, 7) is 6.09. The Kier molecular flexibility index (Phi) is 7.73. The predicted molar refractivity (Wildman–Crippen MR) is 80.3 cm³/mol. The normalized spacial score (nSPS) is 11.9. The zero-order valence-corrected chi connectivity index (χ0v) is 12.6. The molecule has 0 heterocycles. The molecular weight excluding hydrogens is 254 g/mol. The molecule has 112 valence electrons. The van der Waals surface area contributed by atoms with Crippen LogP contribution in [0.25, 0.3) is 0 Å². The summed E-state index contributed by atoms with van der Waals surface area (Å²) in [6, 6.07) is 7.60. The van der Waals surface area contributed by atoms with Gasteiger partial charge in [0, 0.05) is 6.04 Å². The number of hydrogen-bond donors (Lipinski definition) is 1. The first-order chi connectivity index (χ1) is 9.67. The van der Waals surface area contributed by atoms with Crippen molar-refractivity contribution in [3.63, 3.8) is 0 Å². The molecule has 4 heteroatoms. The number of methoxy groups -OCH3 is 1. The largest absolute Gasteiger partial charge is 0.494 e. The molecule has 1 N–H and O–H groups in total. The van der Waals surface area contributed by atoms with Crippen molar-refractivity contribution < 1.29 is 14.3 Å².